The molecule has 0 atom stereocenters. The summed E-state index contributed by atoms with van der Waals surface area (Å²) >= 11 is 0. The lowest BCUT2D eigenvalue weighted by Crippen LogP contribution is -2.04. The van der Waals surface area contributed by atoms with E-state index >= 15 is 0 Å². The van der Waals surface area contributed by atoms with Gasteiger partial charge in [-0.15, -0.1) is 0 Å². The van der Waals surface area contributed by atoms with Crippen molar-refractivity contribution in [2.45, 2.75) is 38.0 Å². The van der Waals surface area contributed by atoms with Crippen LogP contribution in [0.1, 0.15) is 43.6 Å². The van der Waals surface area contributed by atoms with Crippen molar-refractivity contribution in [1.29, 1.82) is 0 Å². The van der Waals surface area contributed by atoms with E-state index in [4.69, 9.17) is 5.11 Å². The molecule has 1 saturated carbocycles. The summed E-state index contributed by atoms with van der Waals surface area (Å²) in [5, 5.41) is 9.17. The third kappa shape index (κ3) is 2.67. The Labute approximate surface area is 118 Å². The molecule has 0 radical (unpaired) electrons. The molecule has 1 N–H and O–H groups in total. The van der Waals surface area contributed by atoms with Crippen LogP contribution in [0.25, 0.3) is 11.3 Å². The fourth-order valence-electron chi connectivity index (χ4n) is 2.95. The number of halogens is 1. The molecule has 0 saturated heterocycles. The van der Waals surface area contributed by atoms with E-state index in [1.165, 1.54) is 43.7 Å². The summed E-state index contributed by atoms with van der Waals surface area (Å²) in [5.41, 5.74) is 2.80. The lowest BCUT2D eigenvalue weighted by Gasteiger charge is -2.22. The quantitative estimate of drug-likeness (QED) is 0.807. The molecule has 0 spiro atoms. The third-order valence-electron chi connectivity index (χ3n) is 4.11. The normalized spacial score (nSPS) is 16.2. The van der Waals surface area contributed by atoms with Crippen LogP contribution in [0.2, 0.25) is 0 Å². The van der Waals surface area contributed by atoms with Crippen LogP contribution >= 0.6 is 0 Å². The summed E-state index contributed by atoms with van der Waals surface area (Å²) in [6.45, 7) is 0. The van der Waals surface area contributed by atoms with Gasteiger partial charge in [-0.2, -0.15) is 4.39 Å². The van der Waals surface area contributed by atoms with Gasteiger partial charge in [0.1, 0.15) is 0 Å². The van der Waals surface area contributed by atoms with Crippen molar-refractivity contribution in [1.82, 2.24) is 4.98 Å². The van der Waals surface area contributed by atoms with Gasteiger partial charge in [-0.25, -0.2) is 4.98 Å². The number of hydrogen-bond acceptors (Lipinski definition) is 2. The predicted octanol–water partition coefficient (Wildman–Crippen LogP) is 4.64. The van der Waals surface area contributed by atoms with Gasteiger partial charge in [-0.3, -0.25) is 0 Å². The van der Waals surface area contributed by atoms with E-state index < -0.39 is 11.7 Å². The first kappa shape index (κ1) is 13.1. The molecule has 3 rings (SSSR count). The molecule has 1 aliphatic rings. The van der Waals surface area contributed by atoms with Crippen molar-refractivity contribution in [3.63, 3.8) is 0 Å². The van der Waals surface area contributed by atoms with Crippen LogP contribution in [0.3, 0.4) is 0 Å². The lowest BCUT2D eigenvalue weighted by atomic mass is 9.84. The van der Waals surface area contributed by atoms with Crippen LogP contribution < -0.4 is 0 Å². The van der Waals surface area contributed by atoms with Gasteiger partial charge in [0.2, 0.25) is 0 Å². The molecule has 1 fully saturated rings. The highest BCUT2D eigenvalue weighted by atomic mass is 19.1. The maximum absolute atomic E-state index is 13.3. The predicted molar refractivity (Wildman–Crippen MR) is 77.1 cm³/mol. The molecular formula is C17H18FNO. The van der Waals surface area contributed by atoms with Crippen LogP contribution in [-0.2, 0) is 0 Å². The SMILES string of the molecule is Oc1ccc(-c2ccc(C3CCCCC3)cc2)nc1F. The maximum Gasteiger partial charge on any atom is 0.255 e. The van der Waals surface area contributed by atoms with Crippen LogP contribution in [0, 0.1) is 5.95 Å². The smallest absolute Gasteiger partial charge is 0.255 e. The van der Waals surface area contributed by atoms with Crippen molar-refractivity contribution in [2.24, 2.45) is 0 Å². The Kier molecular flexibility index (Phi) is 3.68. The molecule has 104 valence electrons. The van der Waals surface area contributed by atoms with Gasteiger partial charge in [-0.1, -0.05) is 43.5 Å². The monoisotopic (exact) mass is 271 g/mol. The standard InChI is InChI=1S/C17H18FNO/c18-17-16(20)11-10-15(19-17)14-8-6-13(7-9-14)12-4-2-1-3-5-12/h6-12,20H,1-5H2. The second kappa shape index (κ2) is 5.61. The van der Waals surface area contributed by atoms with E-state index in [-0.39, 0.29) is 0 Å². The van der Waals surface area contributed by atoms with Crippen molar-refractivity contribution in [2.75, 3.05) is 0 Å². The van der Waals surface area contributed by atoms with Crippen LogP contribution in [0.5, 0.6) is 5.75 Å². The van der Waals surface area contributed by atoms with E-state index in [1.807, 2.05) is 12.1 Å². The summed E-state index contributed by atoms with van der Waals surface area (Å²) in [7, 11) is 0. The summed E-state index contributed by atoms with van der Waals surface area (Å²) in [6.07, 6.45) is 6.52. The molecule has 1 aromatic carbocycles. The molecule has 2 nitrogen and oxygen atoms in total. The number of hydrogen-bond donors (Lipinski definition) is 1. The Balaban J connectivity index is 1.83. The van der Waals surface area contributed by atoms with E-state index in [2.05, 4.69) is 17.1 Å². The summed E-state index contributed by atoms with van der Waals surface area (Å²) in [5.74, 6) is -0.561. The number of aromatic nitrogens is 1. The van der Waals surface area contributed by atoms with Crippen LogP contribution in [-0.4, -0.2) is 10.1 Å². The van der Waals surface area contributed by atoms with Crippen LogP contribution in [0.4, 0.5) is 4.39 Å². The summed E-state index contributed by atoms with van der Waals surface area (Å²) < 4.78 is 13.3. The largest absolute Gasteiger partial charge is 0.504 e. The molecule has 2 aromatic rings. The second-order valence-corrected chi connectivity index (χ2v) is 5.46. The van der Waals surface area contributed by atoms with Crippen molar-refractivity contribution in [3.8, 4) is 17.0 Å². The van der Waals surface area contributed by atoms with Gasteiger partial charge in [0.25, 0.3) is 5.95 Å². The molecule has 0 aliphatic heterocycles. The van der Waals surface area contributed by atoms with E-state index in [0.717, 1.165) is 5.56 Å². The number of rotatable bonds is 2. The first-order chi connectivity index (χ1) is 9.74. The molecule has 1 aliphatic carbocycles. The molecule has 1 heterocycles. The fourth-order valence-corrected chi connectivity index (χ4v) is 2.95. The van der Waals surface area contributed by atoms with Gasteiger partial charge >= 0.3 is 0 Å². The average molecular weight is 271 g/mol. The summed E-state index contributed by atoms with van der Waals surface area (Å²) in [6, 6.07) is 11.2. The summed E-state index contributed by atoms with van der Waals surface area (Å²) in [4.78, 5) is 3.77. The Morgan fingerprint density at radius 1 is 0.950 bits per heavy atom. The zero-order valence-corrected chi connectivity index (χ0v) is 11.3. The number of aromatic hydroxyl groups is 1. The molecule has 0 unspecified atom stereocenters. The van der Waals surface area contributed by atoms with E-state index in [0.29, 0.717) is 11.6 Å². The average Bonchev–Trinajstić information content (AvgIpc) is 2.51. The highest BCUT2D eigenvalue weighted by molar-refractivity contribution is 5.60. The minimum atomic E-state index is -0.821. The topological polar surface area (TPSA) is 33.1 Å². The molecule has 3 heteroatoms. The second-order valence-electron chi connectivity index (χ2n) is 5.46. The molecule has 20 heavy (non-hydrogen) atoms. The molecule has 0 bridgehead atoms. The van der Waals surface area contributed by atoms with Gasteiger partial charge in [0.15, 0.2) is 5.75 Å². The number of pyridine rings is 1. The van der Waals surface area contributed by atoms with E-state index in [1.54, 1.807) is 6.07 Å². The Morgan fingerprint density at radius 3 is 2.30 bits per heavy atom. The first-order valence-corrected chi connectivity index (χ1v) is 7.20. The minimum absolute atomic E-state index is 0.410. The van der Waals surface area contributed by atoms with Crippen LogP contribution in [0.15, 0.2) is 36.4 Å². The molecule has 0 amide bonds. The highest BCUT2D eigenvalue weighted by Gasteiger charge is 2.15. The van der Waals surface area contributed by atoms with Gasteiger partial charge in [-0.05, 0) is 36.5 Å². The highest BCUT2D eigenvalue weighted by Crippen LogP contribution is 2.33. The first-order valence-electron chi connectivity index (χ1n) is 7.20. The van der Waals surface area contributed by atoms with Gasteiger partial charge < -0.3 is 5.11 Å². The number of benzene rings is 1. The van der Waals surface area contributed by atoms with Crippen molar-refractivity contribution < 1.29 is 9.50 Å². The molecule has 1 aromatic heterocycles. The zero-order chi connectivity index (χ0) is 13.9. The lowest BCUT2D eigenvalue weighted by molar-refractivity contribution is 0.419. The Morgan fingerprint density at radius 2 is 1.65 bits per heavy atom. The maximum atomic E-state index is 13.3. The van der Waals surface area contributed by atoms with Gasteiger partial charge in [0, 0.05) is 5.56 Å². The third-order valence-corrected chi connectivity index (χ3v) is 4.11. The minimum Gasteiger partial charge on any atom is -0.504 e. The van der Waals surface area contributed by atoms with Crippen molar-refractivity contribution in [3.05, 3.63) is 47.9 Å². The Hall–Kier alpha value is -1.90. The Bertz CT molecular complexity index is 588. The molecular weight excluding hydrogens is 253 g/mol. The van der Waals surface area contributed by atoms with Crippen molar-refractivity contribution >= 4 is 0 Å². The number of nitrogens with zero attached hydrogens (tertiary/aromatic N) is 1. The van der Waals surface area contributed by atoms with E-state index in [9.17, 15) is 4.39 Å². The fraction of sp³-hybridized carbons (Fsp3) is 0.353. The van der Waals surface area contributed by atoms with Gasteiger partial charge in [0.05, 0.1) is 5.69 Å². The zero-order valence-electron chi connectivity index (χ0n) is 11.3.